The monoisotopic (exact) mass is 306 g/mol. The minimum absolute atomic E-state index is 0.113. The van der Waals surface area contributed by atoms with E-state index in [1.54, 1.807) is 11.9 Å². The fourth-order valence-corrected chi connectivity index (χ4v) is 3.39. The molecule has 0 aromatic carbocycles. The molecule has 0 saturated carbocycles. The molecule has 120 valence electrons. The maximum atomic E-state index is 12.4. The van der Waals surface area contributed by atoms with Crippen molar-refractivity contribution in [3.63, 3.8) is 0 Å². The van der Waals surface area contributed by atoms with Gasteiger partial charge in [-0.25, -0.2) is 4.79 Å². The fraction of sp³-hybridized carbons (Fsp3) is 0.667. The van der Waals surface area contributed by atoms with Crippen LogP contribution in [0.4, 0.5) is 4.79 Å². The van der Waals surface area contributed by atoms with Gasteiger partial charge in [-0.1, -0.05) is 0 Å². The Kier molecular flexibility index (Phi) is 3.58. The molecule has 1 aromatic heterocycles. The van der Waals surface area contributed by atoms with E-state index < -0.39 is 5.60 Å². The molecule has 2 aliphatic heterocycles. The summed E-state index contributed by atoms with van der Waals surface area (Å²) >= 11 is 0. The lowest BCUT2D eigenvalue weighted by Gasteiger charge is -2.21. The summed E-state index contributed by atoms with van der Waals surface area (Å²) in [7, 11) is 1.73. The molecule has 7 heteroatoms. The molecule has 22 heavy (non-hydrogen) atoms. The molecular formula is C15H22N4O3. The van der Waals surface area contributed by atoms with Gasteiger partial charge in [0, 0.05) is 32.1 Å². The number of nitrogens with zero attached hydrogens (tertiary/aromatic N) is 3. The van der Waals surface area contributed by atoms with Crippen LogP contribution in [0.5, 0.6) is 0 Å². The number of aryl methyl sites for hydroxylation is 2. The van der Waals surface area contributed by atoms with Crippen molar-refractivity contribution in [3.05, 3.63) is 17.0 Å². The molecule has 3 heterocycles. The first-order valence-electron chi connectivity index (χ1n) is 7.62. The maximum absolute atomic E-state index is 12.4. The Hall–Kier alpha value is -2.05. The minimum Gasteiger partial charge on any atom is -0.439 e. The first kappa shape index (κ1) is 14.9. The third kappa shape index (κ3) is 2.55. The van der Waals surface area contributed by atoms with Crippen LogP contribution in [-0.2, 0) is 16.0 Å². The number of carbonyl (C=O) groups excluding carboxylic acids is 2. The molecule has 0 radical (unpaired) electrons. The summed E-state index contributed by atoms with van der Waals surface area (Å²) in [6.07, 6.45) is 1.58. The van der Waals surface area contributed by atoms with Crippen molar-refractivity contribution >= 4 is 12.0 Å². The average Bonchev–Trinajstić information content (AvgIpc) is 3.09. The van der Waals surface area contributed by atoms with Gasteiger partial charge in [0.1, 0.15) is 0 Å². The topological polar surface area (TPSA) is 78.5 Å². The van der Waals surface area contributed by atoms with Crippen LogP contribution in [0.25, 0.3) is 0 Å². The molecule has 7 nitrogen and oxygen atoms in total. The van der Waals surface area contributed by atoms with E-state index in [0.29, 0.717) is 32.5 Å². The van der Waals surface area contributed by atoms with Crippen molar-refractivity contribution in [2.75, 3.05) is 26.7 Å². The van der Waals surface area contributed by atoms with Crippen LogP contribution >= 0.6 is 0 Å². The predicted octanol–water partition coefficient (Wildman–Crippen LogP) is 1.01. The molecule has 3 rings (SSSR count). The zero-order valence-electron chi connectivity index (χ0n) is 13.3. The molecule has 1 aromatic rings. The fourth-order valence-electron chi connectivity index (χ4n) is 3.39. The first-order valence-corrected chi connectivity index (χ1v) is 7.62. The summed E-state index contributed by atoms with van der Waals surface area (Å²) in [5.74, 6) is 0.113. The summed E-state index contributed by atoms with van der Waals surface area (Å²) in [5.41, 5.74) is 2.60. The highest BCUT2D eigenvalue weighted by atomic mass is 16.6. The number of rotatable bonds is 3. The van der Waals surface area contributed by atoms with Crippen LogP contribution in [0.15, 0.2) is 0 Å². The number of aromatic amines is 1. The summed E-state index contributed by atoms with van der Waals surface area (Å²) < 4.78 is 5.47. The third-order valence-electron chi connectivity index (χ3n) is 4.68. The quantitative estimate of drug-likeness (QED) is 0.904. The summed E-state index contributed by atoms with van der Waals surface area (Å²) in [6.45, 7) is 5.64. The Labute approximate surface area is 129 Å². The van der Waals surface area contributed by atoms with Crippen LogP contribution in [0.1, 0.15) is 29.8 Å². The lowest BCUT2D eigenvalue weighted by Crippen LogP contribution is -2.39. The van der Waals surface area contributed by atoms with E-state index in [0.717, 1.165) is 23.4 Å². The average molecular weight is 306 g/mol. The Morgan fingerprint density at radius 3 is 2.77 bits per heavy atom. The highest BCUT2D eigenvalue weighted by Gasteiger charge is 2.49. The number of hydrogen-bond donors (Lipinski definition) is 1. The maximum Gasteiger partial charge on any atom is 0.410 e. The van der Waals surface area contributed by atoms with Crippen molar-refractivity contribution < 1.29 is 14.3 Å². The third-order valence-corrected chi connectivity index (χ3v) is 4.68. The first-order chi connectivity index (χ1) is 10.4. The van der Waals surface area contributed by atoms with Crippen LogP contribution in [0.2, 0.25) is 0 Å². The Morgan fingerprint density at radius 1 is 1.41 bits per heavy atom. The second-order valence-electron chi connectivity index (χ2n) is 6.38. The highest BCUT2D eigenvalue weighted by Crippen LogP contribution is 2.32. The molecule has 2 fully saturated rings. The molecule has 1 spiro atoms. The zero-order valence-corrected chi connectivity index (χ0v) is 13.3. The molecule has 0 aliphatic carbocycles. The minimum atomic E-state index is -0.497. The number of likely N-dealkylation sites (N-methyl/N-ethyl adjacent to an activating group) is 1. The number of hydrogen-bond acceptors (Lipinski definition) is 4. The number of amides is 2. The van der Waals surface area contributed by atoms with Crippen molar-refractivity contribution in [1.82, 2.24) is 20.0 Å². The van der Waals surface area contributed by atoms with Crippen LogP contribution in [0, 0.1) is 13.8 Å². The number of aromatic nitrogens is 2. The second kappa shape index (κ2) is 5.30. The van der Waals surface area contributed by atoms with Gasteiger partial charge >= 0.3 is 6.09 Å². The number of ether oxygens (including phenoxy) is 1. The van der Waals surface area contributed by atoms with Gasteiger partial charge in [-0.2, -0.15) is 5.10 Å². The number of carbonyl (C=O) groups is 2. The number of H-pyrrole nitrogens is 1. The van der Waals surface area contributed by atoms with Crippen molar-refractivity contribution in [1.29, 1.82) is 0 Å². The van der Waals surface area contributed by atoms with Crippen LogP contribution in [-0.4, -0.2) is 64.3 Å². The van der Waals surface area contributed by atoms with Gasteiger partial charge in [0.2, 0.25) is 5.91 Å². The second-order valence-corrected chi connectivity index (χ2v) is 6.38. The van der Waals surface area contributed by atoms with Gasteiger partial charge in [-0.05, 0) is 25.8 Å². The zero-order chi connectivity index (χ0) is 15.9. The van der Waals surface area contributed by atoms with E-state index in [9.17, 15) is 9.59 Å². The molecule has 0 bridgehead atoms. The molecular weight excluding hydrogens is 284 g/mol. The van der Waals surface area contributed by atoms with Crippen molar-refractivity contribution in [2.45, 2.75) is 38.7 Å². The number of nitrogens with one attached hydrogen (secondary N) is 1. The van der Waals surface area contributed by atoms with Crippen LogP contribution in [0.3, 0.4) is 0 Å². The van der Waals surface area contributed by atoms with Gasteiger partial charge in [0.05, 0.1) is 18.8 Å². The molecule has 1 N–H and O–H groups in total. The van der Waals surface area contributed by atoms with Crippen molar-refractivity contribution in [3.8, 4) is 0 Å². The van der Waals surface area contributed by atoms with E-state index >= 15 is 0 Å². The van der Waals surface area contributed by atoms with Gasteiger partial charge in [-0.15, -0.1) is 0 Å². The Morgan fingerprint density at radius 2 is 2.18 bits per heavy atom. The SMILES string of the molecule is Cc1n[nH]c(C)c1CCC(=O)N1CCC2(CN(C)C(=O)O2)C1. The van der Waals surface area contributed by atoms with Gasteiger partial charge in [0.25, 0.3) is 0 Å². The summed E-state index contributed by atoms with van der Waals surface area (Å²) in [5, 5.41) is 7.09. The molecule has 2 amide bonds. The lowest BCUT2D eigenvalue weighted by atomic mass is 10.0. The van der Waals surface area contributed by atoms with E-state index in [4.69, 9.17) is 4.74 Å². The Bertz CT molecular complexity index is 592. The van der Waals surface area contributed by atoms with Gasteiger partial charge in [0.15, 0.2) is 5.60 Å². The van der Waals surface area contributed by atoms with E-state index in [1.165, 1.54) is 0 Å². The van der Waals surface area contributed by atoms with Gasteiger partial charge < -0.3 is 14.5 Å². The smallest absolute Gasteiger partial charge is 0.410 e. The summed E-state index contributed by atoms with van der Waals surface area (Å²) in [4.78, 5) is 27.4. The largest absolute Gasteiger partial charge is 0.439 e. The molecule has 1 atom stereocenters. The molecule has 2 saturated heterocycles. The normalized spacial score (nSPS) is 24.4. The predicted molar refractivity (Wildman–Crippen MR) is 79.4 cm³/mol. The summed E-state index contributed by atoms with van der Waals surface area (Å²) in [6, 6.07) is 0. The molecule has 2 aliphatic rings. The molecule has 1 unspecified atom stereocenters. The van der Waals surface area contributed by atoms with Crippen molar-refractivity contribution in [2.24, 2.45) is 0 Å². The standard InChI is InChI=1S/C15H22N4O3/c1-10-12(11(2)17-16-10)4-5-13(20)19-7-6-15(9-19)8-18(3)14(21)22-15/h4-9H2,1-3H3,(H,16,17). The highest BCUT2D eigenvalue weighted by molar-refractivity contribution is 5.77. The van der Waals surface area contributed by atoms with Crippen LogP contribution < -0.4 is 0 Å². The van der Waals surface area contributed by atoms with Gasteiger partial charge in [-0.3, -0.25) is 9.89 Å². The Balaban J connectivity index is 1.57. The van der Waals surface area contributed by atoms with E-state index in [1.807, 2.05) is 18.7 Å². The number of likely N-dealkylation sites (tertiary alicyclic amines) is 1. The lowest BCUT2D eigenvalue weighted by molar-refractivity contribution is -0.130. The van der Waals surface area contributed by atoms with E-state index in [-0.39, 0.29) is 12.0 Å². The van der Waals surface area contributed by atoms with E-state index in [2.05, 4.69) is 10.2 Å².